The van der Waals surface area contributed by atoms with Crippen molar-refractivity contribution in [1.29, 1.82) is 0 Å². The SMILES string of the molecule is CCOC(=O)C(=NO)C1=CSC2=NNC(c3ccc(Cl)cc3)N12. The fourth-order valence-electron chi connectivity index (χ4n) is 2.26. The molecule has 0 aromatic heterocycles. The molecule has 3 rings (SSSR count). The Morgan fingerprint density at radius 1 is 1.52 bits per heavy atom. The minimum Gasteiger partial charge on any atom is -0.461 e. The van der Waals surface area contributed by atoms with Crippen LogP contribution < -0.4 is 5.43 Å². The standard InChI is InChI=1S/C14H13ClN4O3S/c1-2-22-13(20)11(18-21)10-7-23-14-17-16-12(19(10)14)8-3-5-9(15)6-4-8/h3-7,12,16,21H,2H2,1H3. The monoisotopic (exact) mass is 352 g/mol. The topological polar surface area (TPSA) is 86.5 Å². The van der Waals surface area contributed by atoms with Crippen molar-refractivity contribution in [2.75, 3.05) is 6.61 Å². The number of carbonyl (C=O) groups excluding carboxylic acids is 1. The Labute approximate surface area is 141 Å². The molecule has 120 valence electrons. The summed E-state index contributed by atoms with van der Waals surface area (Å²) >= 11 is 7.24. The zero-order valence-corrected chi connectivity index (χ0v) is 13.6. The van der Waals surface area contributed by atoms with Crippen molar-refractivity contribution in [2.45, 2.75) is 13.1 Å². The summed E-state index contributed by atoms with van der Waals surface area (Å²) in [6.07, 6.45) is -0.324. The van der Waals surface area contributed by atoms with E-state index in [0.29, 0.717) is 15.9 Å². The molecule has 1 atom stereocenters. The molecular formula is C14H13ClN4O3S. The summed E-state index contributed by atoms with van der Waals surface area (Å²) in [4.78, 5) is 13.7. The first-order valence-corrected chi connectivity index (χ1v) is 8.05. The van der Waals surface area contributed by atoms with E-state index in [2.05, 4.69) is 15.7 Å². The predicted molar refractivity (Wildman–Crippen MR) is 88.1 cm³/mol. The fourth-order valence-corrected chi connectivity index (χ4v) is 3.25. The van der Waals surface area contributed by atoms with E-state index in [1.165, 1.54) is 11.8 Å². The lowest BCUT2D eigenvalue weighted by Gasteiger charge is -2.25. The highest BCUT2D eigenvalue weighted by Crippen LogP contribution is 2.38. The molecule has 2 N–H and O–H groups in total. The van der Waals surface area contributed by atoms with E-state index in [9.17, 15) is 10.0 Å². The molecule has 1 unspecified atom stereocenters. The number of halogens is 1. The molecule has 9 heteroatoms. The van der Waals surface area contributed by atoms with E-state index in [1.54, 1.807) is 29.4 Å². The van der Waals surface area contributed by atoms with Crippen molar-refractivity contribution in [1.82, 2.24) is 10.3 Å². The normalized spacial score (nSPS) is 19.8. The molecule has 2 aliphatic rings. The lowest BCUT2D eigenvalue weighted by Crippen LogP contribution is -2.35. The minimum atomic E-state index is -0.690. The highest BCUT2D eigenvalue weighted by atomic mass is 35.5. The molecule has 1 aromatic carbocycles. The summed E-state index contributed by atoms with van der Waals surface area (Å²) in [7, 11) is 0. The van der Waals surface area contributed by atoms with E-state index in [4.69, 9.17) is 16.3 Å². The number of fused-ring (bicyclic) bond motifs is 1. The van der Waals surface area contributed by atoms with Gasteiger partial charge in [-0.05, 0) is 24.6 Å². The van der Waals surface area contributed by atoms with E-state index in [0.717, 1.165) is 5.56 Å². The molecule has 2 heterocycles. The van der Waals surface area contributed by atoms with E-state index in [1.807, 2.05) is 12.1 Å². The van der Waals surface area contributed by atoms with Crippen LogP contribution >= 0.6 is 23.4 Å². The number of oxime groups is 1. The van der Waals surface area contributed by atoms with Crippen LogP contribution in [0.4, 0.5) is 0 Å². The van der Waals surface area contributed by atoms with Crippen molar-refractivity contribution in [3.05, 3.63) is 46.0 Å². The molecule has 2 aliphatic heterocycles. The molecule has 23 heavy (non-hydrogen) atoms. The first kappa shape index (κ1) is 15.7. The van der Waals surface area contributed by atoms with Gasteiger partial charge in [0.1, 0.15) is 6.17 Å². The molecule has 0 amide bonds. The minimum absolute atomic E-state index is 0.160. The molecule has 0 spiro atoms. The van der Waals surface area contributed by atoms with E-state index in [-0.39, 0.29) is 18.5 Å². The maximum absolute atomic E-state index is 12.0. The highest BCUT2D eigenvalue weighted by molar-refractivity contribution is 8.16. The number of hydrogen-bond donors (Lipinski definition) is 2. The Morgan fingerprint density at radius 3 is 2.91 bits per heavy atom. The molecule has 0 saturated carbocycles. The highest BCUT2D eigenvalue weighted by Gasteiger charge is 2.40. The molecule has 0 aliphatic carbocycles. The van der Waals surface area contributed by atoms with E-state index < -0.39 is 5.97 Å². The third kappa shape index (κ3) is 2.87. The van der Waals surface area contributed by atoms with Gasteiger partial charge in [0.25, 0.3) is 0 Å². The molecule has 0 bridgehead atoms. The van der Waals surface area contributed by atoms with Crippen LogP contribution in [-0.4, -0.2) is 33.6 Å². The lowest BCUT2D eigenvalue weighted by molar-refractivity contribution is -0.135. The maximum Gasteiger partial charge on any atom is 0.362 e. The number of hydrazone groups is 1. The second kappa shape index (κ2) is 6.51. The van der Waals surface area contributed by atoms with Gasteiger partial charge in [-0.2, -0.15) is 5.10 Å². The Morgan fingerprint density at radius 2 is 2.26 bits per heavy atom. The van der Waals surface area contributed by atoms with Crippen molar-refractivity contribution in [3.63, 3.8) is 0 Å². The summed E-state index contributed by atoms with van der Waals surface area (Å²) in [5.74, 6) is -0.690. The van der Waals surface area contributed by atoms with Gasteiger partial charge in [-0.1, -0.05) is 40.7 Å². The smallest absolute Gasteiger partial charge is 0.362 e. The number of esters is 1. The second-order valence-corrected chi connectivity index (χ2v) is 5.91. The largest absolute Gasteiger partial charge is 0.461 e. The zero-order chi connectivity index (χ0) is 16.4. The van der Waals surface area contributed by atoms with Crippen LogP contribution in [0.15, 0.2) is 45.6 Å². The molecular weight excluding hydrogens is 340 g/mol. The van der Waals surface area contributed by atoms with Gasteiger partial charge >= 0.3 is 5.97 Å². The molecule has 7 nitrogen and oxygen atoms in total. The number of nitrogens with one attached hydrogen (secondary N) is 1. The van der Waals surface area contributed by atoms with Crippen LogP contribution in [0.1, 0.15) is 18.7 Å². The number of thioether (sulfide) groups is 1. The Hall–Kier alpha value is -2.19. The predicted octanol–water partition coefficient (Wildman–Crippen LogP) is 2.50. The van der Waals surface area contributed by atoms with Gasteiger partial charge in [0, 0.05) is 10.4 Å². The zero-order valence-electron chi connectivity index (χ0n) is 12.1. The van der Waals surface area contributed by atoms with Crippen LogP contribution in [0.2, 0.25) is 5.02 Å². The average molecular weight is 353 g/mol. The van der Waals surface area contributed by atoms with Crippen molar-refractivity contribution in [3.8, 4) is 0 Å². The Kier molecular flexibility index (Phi) is 4.44. The first-order valence-electron chi connectivity index (χ1n) is 6.80. The quantitative estimate of drug-likeness (QED) is 0.375. The number of benzene rings is 1. The van der Waals surface area contributed by atoms with Crippen molar-refractivity contribution >= 4 is 40.2 Å². The van der Waals surface area contributed by atoms with Crippen molar-refractivity contribution in [2.24, 2.45) is 10.3 Å². The van der Waals surface area contributed by atoms with E-state index >= 15 is 0 Å². The fraction of sp³-hybridized carbons (Fsp3) is 0.214. The van der Waals surface area contributed by atoms with Gasteiger partial charge in [-0.15, -0.1) is 0 Å². The molecule has 0 saturated heterocycles. The first-order chi connectivity index (χ1) is 11.2. The Balaban J connectivity index is 1.90. The number of carbonyl (C=O) groups is 1. The van der Waals surface area contributed by atoms with Crippen LogP contribution in [0.25, 0.3) is 0 Å². The molecule has 0 fully saturated rings. The summed E-state index contributed by atoms with van der Waals surface area (Å²) in [6, 6.07) is 7.27. The van der Waals surface area contributed by atoms with Crippen LogP contribution in [0.3, 0.4) is 0 Å². The van der Waals surface area contributed by atoms with Gasteiger partial charge < -0.3 is 9.94 Å². The van der Waals surface area contributed by atoms with Gasteiger partial charge in [0.15, 0.2) is 5.17 Å². The van der Waals surface area contributed by atoms with Crippen LogP contribution in [0, 0.1) is 0 Å². The van der Waals surface area contributed by atoms with Gasteiger partial charge in [0.2, 0.25) is 5.71 Å². The average Bonchev–Trinajstić information content (AvgIpc) is 3.12. The summed E-state index contributed by atoms with van der Waals surface area (Å²) in [5.41, 5.74) is 4.17. The summed E-state index contributed by atoms with van der Waals surface area (Å²) < 4.78 is 4.93. The molecule has 0 radical (unpaired) electrons. The van der Waals surface area contributed by atoms with Gasteiger partial charge in [0.05, 0.1) is 12.3 Å². The van der Waals surface area contributed by atoms with Crippen LogP contribution in [0.5, 0.6) is 0 Å². The van der Waals surface area contributed by atoms with Crippen LogP contribution in [-0.2, 0) is 9.53 Å². The van der Waals surface area contributed by atoms with Gasteiger partial charge in [-0.3, -0.25) is 10.3 Å². The third-order valence-electron chi connectivity index (χ3n) is 3.28. The Bertz CT molecular complexity index is 717. The summed E-state index contributed by atoms with van der Waals surface area (Å²) in [6.45, 7) is 1.88. The lowest BCUT2D eigenvalue weighted by atomic mass is 10.1. The summed E-state index contributed by atoms with van der Waals surface area (Å²) in [5, 5.41) is 19.6. The number of nitrogens with zero attached hydrogens (tertiary/aromatic N) is 3. The number of ether oxygens (including phenoxy) is 1. The van der Waals surface area contributed by atoms with Crippen molar-refractivity contribution < 1.29 is 14.7 Å². The molecule has 1 aromatic rings. The third-order valence-corrected chi connectivity index (χ3v) is 4.37. The number of hydrogen-bond acceptors (Lipinski definition) is 8. The number of amidine groups is 1. The van der Waals surface area contributed by atoms with Gasteiger partial charge in [-0.25, -0.2) is 4.79 Å². The maximum atomic E-state index is 12.0. The number of rotatable bonds is 4. The second-order valence-electron chi connectivity index (χ2n) is 4.64.